The summed E-state index contributed by atoms with van der Waals surface area (Å²) in [5.41, 5.74) is 15.1. The Morgan fingerprint density at radius 2 is 1.04 bits per heavy atom. The molecule has 10 aromatic rings. The van der Waals surface area contributed by atoms with Gasteiger partial charge in [-0.05, 0) is 109 Å². The molecule has 0 unspecified atom stereocenters. The lowest BCUT2D eigenvalue weighted by Crippen LogP contribution is -2.16. The van der Waals surface area contributed by atoms with Gasteiger partial charge >= 0.3 is 0 Å². The van der Waals surface area contributed by atoms with Crippen LogP contribution in [0.1, 0.15) is 25.0 Å². The van der Waals surface area contributed by atoms with Crippen LogP contribution in [0.5, 0.6) is 0 Å². The second kappa shape index (κ2) is 12.1. The summed E-state index contributed by atoms with van der Waals surface area (Å²) in [5.74, 6) is 0. The Kier molecular flexibility index (Phi) is 6.93. The third kappa shape index (κ3) is 4.88. The van der Waals surface area contributed by atoms with Crippen molar-refractivity contribution >= 4 is 60.5 Å². The van der Waals surface area contributed by atoms with Crippen molar-refractivity contribution in [3.63, 3.8) is 0 Å². The number of hydrogen-bond acceptors (Lipinski definition) is 2. The summed E-state index contributed by atoms with van der Waals surface area (Å²) in [6, 6.07) is 68.5. The van der Waals surface area contributed by atoms with E-state index in [-0.39, 0.29) is 5.41 Å². The van der Waals surface area contributed by atoms with Crippen molar-refractivity contribution in [3.05, 3.63) is 199 Å². The zero-order valence-electron chi connectivity index (χ0n) is 30.8. The van der Waals surface area contributed by atoms with Gasteiger partial charge in [0.05, 0.1) is 5.69 Å². The number of rotatable bonds is 5. The van der Waals surface area contributed by atoms with Gasteiger partial charge in [0.1, 0.15) is 11.2 Å². The number of para-hydroxylation sites is 1. The number of anilines is 3. The van der Waals surface area contributed by atoms with Gasteiger partial charge in [-0.3, -0.25) is 0 Å². The summed E-state index contributed by atoms with van der Waals surface area (Å²) in [6.07, 6.45) is 0. The van der Waals surface area contributed by atoms with Crippen LogP contribution in [-0.2, 0) is 5.41 Å². The van der Waals surface area contributed by atoms with Crippen LogP contribution in [0.3, 0.4) is 0 Å². The zero-order chi connectivity index (χ0) is 36.7. The molecule has 0 atom stereocenters. The lowest BCUT2D eigenvalue weighted by Gasteiger charge is -2.30. The Balaban J connectivity index is 1.06. The summed E-state index contributed by atoms with van der Waals surface area (Å²) < 4.78 is 6.45. The van der Waals surface area contributed by atoms with Gasteiger partial charge in [0, 0.05) is 33.1 Å². The number of benzene rings is 9. The summed E-state index contributed by atoms with van der Waals surface area (Å²) in [7, 11) is 0. The van der Waals surface area contributed by atoms with Crippen LogP contribution in [0.15, 0.2) is 192 Å². The van der Waals surface area contributed by atoms with Crippen LogP contribution in [0, 0.1) is 0 Å². The molecule has 1 heterocycles. The van der Waals surface area contributed by atoms with E-state index in [1.807, 2.05) is 0 Å². The molecule has 0 amide bonds. The fourth-order valence-electron chi connectivity index (χ4n) is 9.14. The molecule has 1 aromatic heterocycles. The Hall–Kier alpha value is -6.90. The largest absolute Gasteiger partial charge is 0.456 e. The standard InChI is InChI=1S/C53H37NO/c1-53(2)47-20-9-7-17-43(47)44-30-28-39(33-48(44)53)54(49-21-10-8-18-45(49)42-19-11-14-35-12-3-5-15-40(35)42)38-26-22-34(23-27-38)37-24-29-46-51(32-37)55-50-31-25-36-13-4-6-16-41(36)52(46)50/h3-33H,1-2H3. The Labute approximate surface area is 320 Å². The highest BCUT2D eigenvalue weighted by Gasteiger charge is 2.36. The van der Waals surface area contributed by atoms with Gasteiger partial charge in [0.2, 0.25) is 0 Å². The average molecular weight is 704 g/mol. The number of nitrogens with zero attached hydrogens (tertiary/aromatic N) is 1. The molecule has 0 aliphatic heterocycles. The summed E-state index contributed by atoms with van der Waals surface area (Å²) in [4.78, 5) is 2.44. The fraction of sp³-hybridized carbons (Fsp3) is 0.0566. The smallest absolute Gasteiger partial charge is 0.136 e. The Morgan fingerprint density at radius 1 is 0.400 bits per heavy atom. The van der Waals surface area contributed by atoms with Crippen LogP contribution in [0.2, 0.25) is 0 Å². The van der Waals surface area contributed by atoms with Gasteiger partial charge < -0.3 is 9.32 Å². The van der Waals surface area contributed by atoms with E-state index < -0.39 is 0 Å². The van der Waals surface area contributed by atoms with E-state index in [0.717, 1.165) is 44.7 Å². The third-order valence-corrected chi connectivity index (χ3v) is 11.9. The quantitative estimate of drug-likeness (QED) is 0.177. The highest BCUT2D eigenvalue weighted by molar-refractivity contribution is 6.19. The van der Waals surface area contributed by atoms with Crippen molar-refractivity contribution in [2.75, 3.05) is 4.90 Å². The maximum Gasteiger partial charge on any atom is 0.136 e. The molecule has 2 nitrogen and oxygen atoms in total. The van der Waals surface area contributed by atoms with E-state index >= 15 is 0 Å². The summed E-state index contributed by atoms with van der Waals surface area (Å²) in [6.45, 7) is 4.71. The van der Waals surface area contributed by atoms with Crippen molar-refractivity contribution in [1.82, 2.24) is 0 Å². The highest BCUT2D eigenvalue weighted by atomic mass is 16.3. The molecule has 0 saturated carbocycles. The first kappa shape index (κ1) is 31.6. The molecule has 0 fully saturated rings. The van der Waals surface area contributed by atoms with Gasteiger partial charge in [-0.1, -0.05) is 153 Å². The molecule has 11 rings (SSSR count). The van der Waals surface area contributed by atoms with Crippen molar-refractivity contribution < 1.29 is 4.42 Å². The maximum atomic E-state index is 6.45. The molecular formula is C53H37NO. The van der Waals surface area contributed by atoms with E-state index in [2.05, 4.69) is 207 Å². The van der Waals surface area contributed by atoms with Crippen molar-refractivity contribution in [1.29, 1.82) is 0 Å². The lowest BCUT2D eigenvalue weighted by molar-refractivity contribution is 0.660. The SMILES string of the molecule is CC1(C)c2ccccc2-c2ccc(N(c3ccc(-c4ccc5c(c4)oc4ccc6ccccc6c45)cc3)c3ccccc3-c3cccc4ccccc34)cc21. The van der Waals surface area contributed by atoms with Crippen molar-refractivity contribution in [2.24, 2.45) is 0 Å². The normalized spacial score (nSPS) is 13.1. The molecule has 0 bridgehead atoms. The molecule has 1 aliphatic rings. The average Bonchev–Trinajstić information content (AvgIpc) is 3.73. The Morgan fingerprint density at radius 3 is 1.89 bits per heavy atom. The first-order valence-corrected chi connectivity index (χ1v) is 19.1. The van der Waals surface area contributed by atoms with Gasteiger partial charge in [-0.25, -0.2) is 0 Å². The van der Waals surface area contributed by atoms with E-state index in [4.69, 9.17) is 4.42 Å². The fourth-order valence-corrected chi connectivity index (χ4v) is 9.14. The number of fused-ring (bicyclic) bond motifs is 9. The highest BCUT2D eigenvalue weighted by Crippen LogP contribution is 2.51. The minimum absolute atomic E-state index is 0.117. The zero-order valence-corrected chi connectivity index (χ0v) is 30.8. The van der Waals surface area contributed by atoms with Crippen molar-refractivity contribution in [3.8, 4) is 33.4 Å². The molecular weight excluding hydrogens is 667 g/mol. The maximum absolute atomic E-state index is 6.45. The van der Waals surface area contributed by atoms with Gasteiger partial charge in [0.15, 0.2) is 0 Å². The minimum atomic E-state index is -0.117. The van der Waals surface area contributed by atoms with Crippen molar-refractivity contribution in [2.45, 2.75) is 19.3 Å². The molecule has 260 valence electrons. The molecule has 0 saturated heterocycles. The van der Waals surface area contributed by atoms with E-state index in [1.54, 1.807) is 0 Å². The van der Waals surface area contributed by atoms with Gasteiger partial charge in [0.25, 0.3) is 0 Å². The molecule has 55 heavy (non-hydrogen) atoms. The van der Waals surface area contributed by atoms with E-state index in [0.29, 0.717) is 0 Å². The monoisotopic (exact) mass is 703 g/mol. The molecule has 0 radical (unpaired) electrons. The van der Waals surface area contributed by atoms with E-state index in [9.17, 15) is 0 Å². The molecule has 0 N–H and O–H groups in total. The molecule has 1 aliphatic carbocycles. The lowest BCUT2D eigenvalue weighted by atomic mass is 9.82. The number of hydrogen-bond donors (Lipinski definition) is 0. The Bertz CT molecular complexity index is 3120. The van der Waals surface area contributed by atoms with Gasteiger partial charge in [-0.2, -0.15) is 0 Å². The van der Waals surface area contributed by atoms with Crippen LogP contribution in [0.4, 0.5) is 17.1 Å². The topological polar surface area (TPSA) is 16.4 Å². The predicted molar refractivity (Wildman–Crippen MR) is 232 cm³/mol. The molecule has 9 aromatic carbocycles. The van der Waals surface area contributed by atoms with Crippen LogP contribution >= 0.6 is 0 Å². The molecule has 0 spiro atoms. The first-order valence-electron chi connectivity index (χ1n) is 19.1. The second-order valence-electron chi connectivity index (χ2n) is 15.3. The minimum Gasteiger partial charge on any atom is -0.456 e. The van der Waals surface area contributed by atoms with Crippen LogP contribution in [-0.4, -0.2) is 0 Å². The summed E-state index contributed by atoms with van der Waals surface area (Å²) in [5, 5.41) is 7.24. The number of furan rings is 1. The summed E-state index contributed by atoms with van der Waals surface area (Å²) >= 11 is 0. The third-order valence-electron chi connectivity index (χ3n) is 11.9. The van der Waals surface area contributed by atoms with E-state index in [1.165, 1.54) is 60.3 Å². The van der Waals surface area contributed by atoms with Crippen LogP contribution in [0.25, 0.3) is 76.9 Å². The van der Waals surface area contributed by atoms with Gasteiger partial charge in [-0.15, -0.1) is 0 Å². The second-order valence-corrected chi connectivity index (χ2v) is 15.3. The van der Waals surface area contributed by atoms with Crippen LogP contribution < -0.4 is 4.90 Å². The predicted octanol–water partition coefficient (Wildman–Crippen LogP) is 15.0. The first-order chi connectivity index (χ1) is 27.0. The molecule has 2 heteroatoms.